The Morgan fingerprint density at radius 3 is 2.89 bits per heavy atom. The van der Waals surface area contributed by atoms with E-state index in [9.17, 15) is 9.90 Å². The van der Waals surface area contributed by atoms with Crippen molar-refractivity contribution in [3.8, 4) is 5.75 Å². The standard InChI is InChI=1S/C14H18ClNO3/c15-11-2-3-13(17)12(9-11)16-14(18)4-1-10-5-7-19-8-6-10/h2-3,9-10,17H,1,4-8H2,(H,16,18). The molecule has 0 radical (unpaired) electrons. The second kappa shape index (κ2) is 6.78. The molecule has 1 amide bonds. The van der Waals surface area contributed by atoms with Crippen LogP contribution in [0.1, 0.15) is 25.7 Å². The smallest absolute Gasteiger partial charge is 0.224 e. The van der Waals surface area contributed by atoms with Gasteiger partial charge in [0.25, 0.3) is 0 Å². The zero-order chi connectivity index (χ0) is 13.7. The second-order valence-electron chi connectivity index (χ2n) is 4.80. The highest BCUT2D eigenvalue weighted by Crippen LogP contribution is 2.27. The number of amides is 1. The Bertz CT molecular complexity index is 444. The molecule has 1 aromatic carbocycles. The fraction of sp³-hybridized carbons (Fsp3) is 0.500. The third-order valence-electron chi connectivity index (χ3n) is 3.35. The topological polar surface area (TPSA) is 58.6 Å². The second-order valence-corrected chi connectivity index (χ2v) is 5.24. The van der Waals surface area contributed by atoms with Gasteiger partial charge in [0.05, 0.1) is 5.69 Å². The minimum Gasteiger partial charge on any atom is -0.506 e. The van der Waals surface area contributed by atoms with Gasteiger partial charge in [-0.15, -0.1) is 0 Å². The maximum Gasteiger partial charge on any atom is 0.224 e. The lowest BCUT2D eigenvalue weighted by Gasteiger charge is -2.21. The van der Waals surface area contributed by atoms with Crippen molar-refractivity contribution in [2.24, 2.45) is 5.92 Å². The highest BCUT2D eigenvalue weighted by Gasteiger charge is 2.15. The molecule has 1 saturated heterocycles. The normalized spacial score (nSPS) is 16.3. The molecule has 1 heterocycles. The fourth-order valence-corrected chi connectivity index (χ4v) is 2.36. The summed E-state index contributed by atoms with van der Waals surface area (Å²) in [4.78, 5) is 11.8. The van der Waals surface area contributed by atoms with Gasteiger partial charge in [-0.25, -0.2) is 0 Å². The number of benzene rings is 1. The Labute approximate surface area is 117 Å². The number of ether oxygens (including phenoxy) is 1. The summed E-state index contributed by atoms with van der Waals surface area (Å²) in [6.45, 7) is 1.59. The van der Waals surface area contributed by atoms with Crippen molar-refractivity contribution < 1.29 is 14.6 Å². The first kappa shape index (κ1) is 14.2. The van der Waals surface area contributed by atoms with Gasteiger partial charge in [0, 0.05) is 24.7 Å². The molecule has 1 fully saturated rings. The molecule has 0 unspecified atom stereocenters. The number of nitrogens with one attached hydrogen (secondary N) is 1. The van der Waals surface area contributed by atoms with Crippen molar-refractivity contribution >= 4 is 23.2 Å². The van der Waals surface area contributed by atoms with Crippen molar-refractivity contribution in [3.05, 3.63) is 23.2 Å². The molecule has 0 aliphatic carbocycles. The Morgan fingerprint density at radius 1 is 1.42 bits per heavy atom. The molecule has 1 aliphatic rings. The average Bonchev–Trinajstić information content (AvgIpc) is 2.42. The van der Waals surface area contributed by atoms with Crippen molar-refractivity contribution in [2.75, 3.05) is 18.5 Å². The SMILES string of the molecule is O=C(CCC1CCOCC1)Nc1cc(Cl)ccc1O. The van der Waals surface area contributed by atoms with Crippen molar-refractivity contribution in [1.29, 1.82) is 0 Å². The van der Waals surface area contributed by atoms with Gasteiger partial charge < -0.3 is 15.2 Å². The van der Waals surface area contributed by atoms with Gasteiger partial charge in [-0.05, 0) is 43.4 Å². The van der Waals surface area contributed by atoms with Crippen molar-refractivity contribution in [1.82, 2.24) is 0 Å². The van der Waals surface area contributed by atoms with Gasteiger partial charge in [0.1, 0.15) is 5.75 Å². The van der Waals surface area contributed by atoms with Crippen LogP contribution in [0.5, 0.6) is 5.75 Å². The zero-order valence-electron chi connectivity index (χ0n) is 10.7. The van der Waals surface area contributed by atoms with Gasteiger partial charge in [-0.1, -0.05) is 11.6 Å². The fourth-order valence-electron chi connectivity index (χ4n) is 2.19. The van der Waals surface area contributed by atoms with Gasteiger partial charge in [0.2, 0.25) is 5.91 Å². The highest BCUT2D eigenvalue weighted by molar-refractivity contribution is 6.31. The molecule has 0 atom stereocenters. The van der Waals surface area contributed by atoms with Crippen molar-refractivity contribution in [2.45, 2.75) is 25.7 Å². The number of hydrogen-bond donors (Lipinski definition) is 2. The van der Waals surface area contributed by atoms with Crippen LogP contribution < -0.4 is 5.32 Å². The number of anilines is 1. The number of phenols is 1. The molecule has 0 spiro atoms. The number of hydrogen-bond acceptors (Lipinski definition) is 3. The van der Waals surface area contributed by atoms with E-state index in [1.54, 1.807) is 12.1 Å². The lowest BCUT2D eigenvalue weighted by Crippen LogP contribution is -2.18. The van der Waals surface area contributed by atoms with E-state index in [4.69, 9.17) is 16.3 Å². The van der Waals surface area contributed by atoms with Crippen LogP contribution >= 0.6 is 11.6 Å². The quantitative estimate of drug-likeness (QED) is 0.834. The van der Waals surface area contributed by atoms with Crippen LogP contribution in [0.4, 0.5) is 5.69 Å². The predicted octanol–water partition coefficient (Wildman–Crippen LogP) is 3.19. The van der Waals surface area contributed by atoms with Crippen LogP contribution in [0, 0.1) is 5.92 Å². The molecule has 104 valence electrons. The molecular formula is C14H18ClNO3. The molecule has 1 aromatic rings. The summed E-state index contributed by atoms with van der Waals surface area (Å²) in [5.74, 6) is 0.500. The molecule has 4 nitrogen and oxygen atoms in total. The maximum atomic E-state index is 11.8. The van der Waals surface area contributed by atoms with Gasteiger partial charge in [-0.2, -0.15) is 0 Å². The minimum absolute atomic E-state index is 0.0313. The van der Waals surface area contributed by atoms with Crippen LogP contribution in [0.2, 0.25) is 5.02 Å². The summed E-state index contributed by atoms with van der Waals surface area (Å²) in [5.41, 5.74) is 0.365. The number of aromatic hydroxyl groups is 1. The van der Waals surface area contributed by atoms with E-state index in [1.807, 2.05) is 0 Å². The molecule has 0 bridgehead atoms. The first-order chi connectivity index (χ1) is 9.15. The van der Waals surface area contributed by atoms with E-state index in [2.05, 4.69) is 5.32 Å². The van der Waals surface area contributed by atoms with E-state index in [-0.39, 0.29) is 11.7 Å². The lowest BCUT2D eigenvalue weighted by molar-refractivity contribution is -0.116. The number of halogens is 1. The van der Waals surface area contributed by atoms with E-state index in [0.29, 0.717) is 23.0 Å². The highest BCUT2D eigenvalue weighted by atomic mass is 35.5. The molecule has 0 saturated carbocycles. The van der Waals surface area contributed by atoms with Crippen LogP contribution in [0.25, 0.3) is 0 Å². The molecule has 1 aliphatic heterocycles. The van der Waals surface area contributed by atoms with E-state index < -0.39 is 0 Å². The molecule has 5 heteroatoms. The Balaban J connectivity index is 1.81. The Morgan fingerprint density at radius 2 is 2.16 bits per heavy atom. The van der Waals surface area contributed by atoms with Crippen LogP contribution in [-0.4, -0.2) is 24.2 Å². The zero-order valence-corrected chi connectivity index (χ0v) is 11.4. The van der Waals surface area contributed by atoms with Crippen LogP contribution in [0.3, 0.4) is 0 Å². The summed E-state index contributed by atoms with van der Waals surface area (Å²) in [6.07, 6.45) is 3.36. The number of phenolic OH excluding ortho intramolecular Hbond substituents is 1. The number of carbonyl (C=O) groups is 1. The van der Waals surface area contributed by atoms with E-state index in [0.717, 1.165) is 32.5 Å². The summed E-state index contributed by atoms with van der Waals surface area (Å²) < 4.78 is 5.28. The van der Waals surface area contributed by atoms with Crippen molar-refractivity contribution in [3.63, 3.8) is 0 Å². The summed E-state index contributed by atoms with van der Waals surface area (Å²) >= 11 is 5.82. The van der Waals surface area contributed by atoms with Gasteiger partial charge >= 0.3 is 0 Å². The van der Waals surface area contributed by atoms with E-state index >= 15 is 0 Å². The number of rotatable bonds is 4. The molecule has 2 rings (SSSR count). The third-order valence-corrected chi connectivity index (χ3v) is 3.59. The Kier molecular flexibility index (Phi) is 5.05. The van der Waals surface area contributed by atoms with E-state index in [1.165, 1.54) is 6.07 Å². The molecule has 0 aromatic heterocycles. The molecule has 19 heavy (non-hydrogen) atoms. The van der Waals surface area contributed by atoms with Crippen LogP contribution in [-0.2, 0) is 9.53 Å². The summed E-state index contributed by atoms with van der Waals surface area (Å²) in [5, 5.41) is 12.8. The monoisotopic (exact) mass is 283 g/mol. The molecule has 2 N–H and O–H groups in total. The molecular weight excluding hydrogens is 266 g/mol. The first-order valence-electron chi connectivity index (χ1n) is 6.51. The lowest BCUT2D eigenvalue weighted by atomic mass is 9.95. The maximum absolute atomic E-state index is 11.8. The summed E-state index contributed by atoms with van der Waals surface area (Å²) in [6, 6.07) is 4.59. The van der Waals surface area contributed by atoms with Gasteiger partial charge in [-0.3, -0.25) is 4.79 Å². The number of carbonyl (C=O) groups excluding carboxylic acids is 1. The largest absolute Gasteiger partial charge is 0.506 e. The first-order valence-corrected chi connectivity index (χ1v) is 6.89. The summed E-state index contributed by atoms with van der Waals surface area (Å²) in [7, 11) is 0. The third kappa shape index (κ3) is 4.40. The predicted molar refractivity (Wildman–Crippen MR) is 74.5 cm³/mol. The minimum atomic E-state index is -0.0935. The average molecular weight is 284 g/mol. The van der Waals surface area contributed by atoms with Gasteiger partial charge in [0.15, 0.2) is 0 Å². The Hall–Kier alpha value is -1.26. The van der Waals surface area contributed by atoms with Crippen LogP contribution in [0.15, 0.2) is 18.2 Å².